The molecule has 0 unspecified atom stereocenters. The third-order valence-electron chi connectivity index (χ3n) is 2.38. The van der Waals surface area contributed by atoms with Gasteiger partial charge in [0.1, 0.15) is 0 Å². The number of hydrogen-bond donors (Lipinski definition) is 0. The van der Waals surface area contributed by atoms with Crippen LogP contribution in [0.3, 0.4) is 0 Å². The lowest BCUT2D eigenvalue weighted by Crippen LogP contribution is -2.33. The lowest BCUT2D eigenvalue weighted by Gasteiger charge is -2.20. The summed E-state index contributed by atoms with van der Waals surface area (Å²) in [4.78, 5) is 18.0. The zero-order chi connectivity index (χ0) is 11.4. The van der Waals surface area contributed by atoms with E-state index >= 15 is 0 Å². The molecular weight excluding hydrogens is 188 g/mol. The zero-order valence-corrected chi connectivity index (χ0v) is 9.66. The SMILES string of the molecule is C=CC1=C(N=CCC)CN(C(C)C)C1=O. The number of aliphatic imine (C=N–C) groups is 1. The van der Waals surface area contributed by atoms with Gasteiger partial charge in [-0.05, 0) is 20.3 Å². The van der Waals surface area contributed by atoms with Crippen LogP contribution in [0.1, 0.15) is 27.2 Å². The number of nitrogens with zero attached hydrogens (tertiary/aromatic N) is 2. The minimum atomic E-state index is 0.0447. The van der Waals surface area contributed by atoms with Crippen LogP contribution in [-0.4, -0.2) is 29.6 Å². The van der Waals surface area contributed by atoms with Crippen molar-refractivity contribution in [2.75, 3.05) is 6.54 Å². The second kappa shape index (κ2) is 4.91. The van der Waals surface area contributed by atoms with Crippen LogP contribution in [0.5, 0.6) is 0 Å². The Morgan fingerprint density at radius 3 is 2.73 bits per heavy atom. The molecule has 15 heavy (non-hydrogen) atoms. The van der Waals surface area contributed by atoms with Crippen molar-refractivity contribution in [1.82, 2.24) is 4.90 Å². The molecule has 0 fully saturated rings. The molecule has 1 heterocycles. The van der Waals surface area contributed by atoms with Gasteiger partial charge in [-0.1, -0.05) is 19.6 Å². The first-order chi connectivity index (χ1) is 7.11. The Bertz CT molecular complexity index is 327. The molecule has 0 aromatic heterocycles. The Hall–Kier alpha value is -1.38. The standard InChI is InChI=1S/C12H18N2O/c1-5-7-13-11-8-14(9(3)4)12(15)10(11)6-2/h6-7,9H,2,5,8H2,1,3-4H3. The molecule has 0 saturated carbocycles. The summed E-state index contributed by atoms with van der Waals surface area (Å²) in [5.74, 6) is 0.0447. The first-order valence-corrected chi connectivity index (χ1v) is 5.30. The van der Waals surface area contributed by atoms with Gasteiger partial charge >= 0.3 is 0 Å². The van der Waals surface area contributed by atoms with Crippen molar-refractivity contribution in [3.05, 3.63) is 23.9 Å². The van der Waals surface area contributed by atoms with Crippen molar-refractivity contribution in [2.45, 2.75) is 33.2 Å². The van der Waals surface area contributed by atoms with Crippen LogP contribution < -0.4 is 0 Å². The van der Waals surface area contributed by atoms with E-state index in [1.807, 2.05) is 27.0 Å². The number of carbonyl (C=O) groups excluding carboxylic acids is 1. The molecule has 0 bridgehead atoms. The van der Waals surface area contributed by atoms with Crippen LogP contribution in [-0.2, 0) is 4.79 Å². The van der Waals surface area contributed by atoms with Crippen LogP contribution >= 0.6 is 0 Å². The van der Waals surface area contributed by atoms with E-state index in [0.29, 0.717) is 12.1 Å². The van der Waals surface area contributed by atoms with Gasteiger partial charge in [0.25, 0.3) is 5.91 Å². The minimum Gasteiger partial charge on any atom is -0.330 e. The van der Waals surface area contributed by atoms with E-state index in [1.54, 1.807) is 11.0 Å². The molecule has 0 saturated heterocycles. The van der Waals surface area contributed by atoms with Gasteiger partial charge in [0.2, 0.25) is 0 Å². The first kappa shape index (κ1) is 11.7. The molecule has 1 aliphatic rings. The highest BCUT2D eigenvalue weighted by Crippen LogP contribution is 2.22. The van der Waals surface area contributed by atoms with E-state index in [9.17, 15) is 4.79 Å². The average molecular weight is 206 g/mol. The summed E-state index contributed by atoms with van der Waals surface area (Å²) in [5.41, 5.74) is 1.49. The molecule has 0 radical (unpaired) electrons. The molecule has 0 aromatic carbocycles. The van der Waals surface area contributed by atoms with Crippen molar-refractivity contribution in [2.24, 2.45) is 4.99 Å². The van der Waals surface area contributed by atoms with E-state index in [4.69, 9.17) is 0 Å². The topological polar surface area (TPSA) is 32.7 Å². The van der Waals surface area contributed by atoms with E-state index in [2.05, 4.69) is 11.6 Å². The number of rotatable bonds is 4. The molecule has 3 heteroatoms. The Balaban J connectivity index is 2.93. The van der Waals surface area contributed by atoms with Crippen molar-refractivity contribution in [1.29, 1.82) is 0 Å². The summed E-state index contributed by atoms with van der Waals surface area (Å²) in [6.07, 6.45) is 4.31. The third kappa shape index (κ3) is 2.35. The normalized spacial score (nSPS) is 17.3. The largest absolute Gasteiger partial charge is 0.330 e. The monoisotopic (exact) mass is 206 g/mol. The van der Waals surface area contributed by atoms with Gasteiger partial charge in [-0.2, -0.15) is 0 Å². The molecule has 0 N–H and O–H groups in total. The quantitative estimate of drug-likeness (QED) is 0.649. The van der Waals surface area contributed by atoms with Crippen molar-refractivity contribution >= 4 is 12.1 Å². The lowest BCUT2D eigenvalue weighted by molar-refractivity contribution is -0.126. The van der Waals surface area contributed by atoms with Gasteiger partial charge in [-0.3, -0.25) is 9.79 Å². The third-order valence-corrected chi connectivity index (χ3v) is 2.38. The van der Waals surface area contributed by atoms with Gasteiger partial charge < -0.3 is 4.90 Å². The summed E-state index contributed by atoms with van der Waals surface area (Å²) in [6.45, 7) is 10.3. The second-order valence-corrected chi connectivity index (χ2v) is 3.81. The van der Waals surface area contributed by atoms with Crippen molar-refractivity contribution in [3.8, 4) is 0 Å². The molecule has 0 aliphatic carbocycles. The number of carbonyl (C=O) groups is 1. The highest BCUT2D eigenvalue weighted by molar-refractivity contribution is 6.00. The first-order valence-electron chi connectivity index (χ1n) is 5.30. The van der Waals surface area contributed by atoms with E-state index in [0.717, 1.165) is 12.1 Å². The van der Waals surface area contributed by atoms with E-state index < -0.39 is 0 Å². The van der Waals surface area contributed by atoms with Crippen LogP contribution in [0, 0.1) is 0 Å². The molecule has 0 spiro atoms. The molecule has 3 nitrogen and oxygen atoms in total. The predicted octanol–water partition coefficient (Wildman–Crippen LogP) is 2.16. The van der Waals surface area contributed by atoms with Gasteiger partial charge in [0.15, 0.2) is 0 Å². The van der Waals surface area contributed by atoms with Crippen LogP contribution in [0.25, 0.3) is 0 Å². The Morgan fingerprint density at radius 2 is 2.27 bits per heavy atom. The Kier molecular flexibility index (Phi) is 3.83. The maximum atomic E-state index is 11.9. The number of amides is 1. The van der Waals surface area contributed by atoms with Crippen LogP contribution in [0.15, 0.2) is 28.9 Å². The van der Waals surface area contributed by atoms with Gasteiger partial charge in [-0.25, -0.2) is 0 Å². The summed E-state index contributed by atoms with van der Waals surface area (Å²) in [6, 6.07) is 0.210. The van der Waals surface area contributed by atoms with E-state index in [1.165, 1.54) is 0 Å². The lowest BCUT2D eigenvalue weighted by atomic mass is 10.2. The molecule has 0 aromatic rings. The molecule has 1 rings (SSSR count). The van der Waals surface area contributed by atoms with Crippen molar-refractivity contribution < 1.29 is 4.79 Å². The fourth-order valence-corrected chi connectivity index (χ4v) is 1.53. The number of hydrogen-bond acceptors (Lipinski definition) is 2. The van der Waals surface area contributed by atoms with Gasteiger partial charge in [-0.15, -0.1) is 0 Å². The van der Waals surface area contributed by atoms with Crippen molar-refractivity contribution in [3.63, 3.8) is 0 Å². The molecular formula is C12H18N2O. The van der Waals surface area contributed by atoms with Gasteiger partial charge in [0.05, 0.1) is 17.8 Å². The second-order valence-electron chi connectivity index (χ2n) is 3.81. The summed E-state index contributed by atoms with van der Waals surface area (Å²) in [5, 5.41) is 0. The minimum absolute atomic E-state index is 0.0447. The molecule has 0 atom stereocenters. The molecule has 1 aliphatic heterocycles. The fourth-order valence-electron chi connectivity index (χ4n) is 1.53. The predicted molar refractivity (Wildman–Crippen MR) is 62.9 cm³/mol. The highest BCUT2D eigenvalue weighted by Gasteiger charge is 2.29. The molecule has 82 valence electrons. The Morgan fingerprint density at radius 1 is 1.60 bits per heavy atom. The zero-order valence-electron chi connectivity index (χ0n) is 9.66. The maximum Gasteiger partial charge on any atom is 0.256 e. The summed E-state index contributed by atoms with van der Waals surface area (Å²) in [7, 11) is 0. The molecule has 1 amide bonds. The van der Waals surface area contributed by atoms with Gasteiger partial charge in [0, 0.05) is 12.3 Å². The summed E-state index contributed by atoms with van der Waals surface area (Å²) >= 11 is 0. The van der Waals surface area contributed by atoms with E-state index in [-0.39, 0.29) is 11.9 Å². The van der Waals surface area contributed by atoms with Crippen LogP contribution in [0.2, 0.25) is 0 Å². The highest BCUT2D eigenvalue weighted by atomic mass is 16.2. The smallest absolute Gasteiger partial charge is 0.256 e. The average Bonchev–Trinajstić information content (AvgIpc) is 2.52. The summed E-state index contributed by atoms with van der Waals surface area (Å²) < 4.78 is 0. The van der Waals surface area contributed by atoms with Crippen LogP contribution in [0.4, 0.5) is 0 Å². The maximum absolute atomic E-state index is 11.9. The Labute approximate surface area is 91.2 Å². The fraction of sp³-hybridized carbons (Fsp3) is 0.500.